The van der Waals surface area contributed by atoms with E-state index in [-0.39, 0.29) is 0 Å². The van der Waals surface area contributed by atoms with E-state index < -0.39 is 0 Å². The van der Waals surface area contributed by atoms with Crippen LogP contribution < -0.4 is 0 Å². The lowest BCUT2D eigenvalue weighted by Gasteiger charge is -2.19. The van der Waals surface area contributed by atoms with Gasteiger partial charge < -0.3 is 0 Å². The maximum atomic E-state index is 4.64. The number of benzene rings is 5. The summed E-state index contributed by atoms with van der Waals surface area (Å²) >= 11 is 0. The van der Waals surface area contributed by atoms with Crippen LogP contribution in [0, 0.1) is 0 Å². The second-order valence-electron chi connectivity index (χ2n) is 9.63. The molecule has 39 heavy (non-hydrogen) atoms. The monoisotopic (exact) mass is 499 g/mol. The van der Waals surface area contributed by atoms with Crippen LogP contribution in [-0.4, -0.2) is 4.98 Å². The summed E-state index contributed by atoms with van der Waals surface area (Å²) in [5.41, 5.74) is 9.05. The first-order chi connectivity index (χ1) is 19.2. The first-order valence-corrected chi connectivity index (χ1v) is 13.3. The van der Waals surface area contributed by atoms with E-state index >= 15 is 0 Å². The van der Waals surface area contributed by atoms with Gasteiger partial charge in [-0.2, -0.15) is 0 Å². The van der Waals surface area contributed by atoms with Gasteiger partial charge in [-0.05, 0) is 86.1 Å². The van der Waals surface area contributed by atoms with E-state index in [1.807, 2.05) is 43.5 Å². The molecule has 0 aliphatic rings. The second-order valence-corrected chi connectivity index (χ2v) is 9.63. The lowest BCUT2D eigenvalue weighted by molar-refractivity contribution is 1.33. The largest absolute Gasteiger partial charge is 0.256 e. The number of fused-ring (bicyclic) bond motifs is 2. The summed E-state index contributed by atoms with van der Waals surface area (Å²) in [6.07, 6.45) is 10.0. The van der Waals surface area contributed by atoms with Crippen LogP contribution >= 0.6 is 0 Å². The van der Waals surface area contributed by atoms with Crippen molar-refractivity contribution in [2.24, 2.45) is 0 Å². The van der Waals surface area contributed by atoms with Gasteiger partial charge in [-0.15, -0.1) is 0 Å². The smallest absolute Gasteiger partial charge is 0.0702 e. The fraction of sp³-hybridized carbons (Fsp3) is 0.0263. The molecule has 5 aromatic carbocycles. The lowest BCUT2D eigenvalue weighted by Crippen LogP contribution is -1.93. The van der Waals surface area contributed by atoms with E-state index in [4.69, 9.17) is 0 Å². The number of pyridine rings is 1. The van der Waals surface area contributed by atoms with E-state index in [1.165, 1.54) is 43.8 Å². The molecule has 0 atom stereocenters. The minimum absolute atomic E-state index is 0.972. The third-order valence-electron chi connectivity index (χ3n) is 7.17. The highest BCUT2D eigenvalue weighted by Crippen LogP contribution is 2.45. The second kappa shape index (κ2) is 10.8. The molecule has 1 heteroatoms. The Morgan fingerprint density at radius 1 is 0.590 bits per heavy atom. The van der Waals surface area contributed by atoms with Crippen LogP contribution in [0.25, 0.3) is 60.6 Å². The number of allylic oxidation sites excluding steroid dienone is 5. The van der Waals surface area contributed by atoms with Crippen molar-refractivity contribution in [2.75, 3.05) is 0 Å². The molecule has 0 amide bonds. The van der Waals surface area contributed by atoms with Gasteiger partial charge in [0.2, 0.25) is 0 Å². The van der Waals surface area contributed by atoms with Gasteiger partial charge in [-0.3, -0.25) is 4.98 Å². The van der Waals surface area contributed by atoms with Crippen molar-refractivity contribution in [1.82, 2.24) is 4.98 Å². The molecule has 6 aromatic rings. The molecular formula is C38H29N. The maximum absolute atomic E-state index is 4.64. The predicted octanol–water partition coefficient (Wildman–Crippen LogP) is 10.5. The van der Waals surface area contributed by atoms with Crippen LogP contribution in [0.5, 0.6) is 0 Å². The molecule has 0 saturated heterocycles. The maximum Gasteiger partial charge on any atom is 0.0702 e. The van der Waals surface area contributed by atoms with Gasteiger partial charge in [0.1, 0.15) is 0 Å². The van der Waals surface area contributed by atoms with Gasteiger partial charge in [0.15, 0.2) is 0 Å². The van der Waals surface area contributed by atoms with Crippen LogP contribution in [0.4, 0.5) is 0 Å². The Morgan fingerprint density at radius 3 is 1.82 bits per heavy atom. The summed E-state index contributed by atoms with van der Waals surface area (Å²) in [6.45, 7) is 6.39. The molecule has 6 rings (SSSR count). The van der Waals surface area contributed by atoms with Crippen LogP contribution in [0.15, 0.2) is 152 Å². The van der Waals surface area contributed by atoms with Crippen LogP contribution in [0.1, 0.15) is 12.5 Å². The van der Waals surface area contributed by atoms with Crippen molar-refractivity contribution in [3.8, 4) is 33.5 Å². The quantitative estimate of drug-likeness (QED) is 0.164. The standard InChI is InChI=1S/C38H29N/c1-3-4-7-14-27(2)30-20-22-32-34(25-30)37(28-15-8-5-9-16-28)33-23-21-31(36-19-12-13-24-39-36)26-35(33)38(32)29-17-10-6-11-18-29/h3-26H,2H2,1H3/b4-3-,14-7-. The van der Waals surface area contributed by atoms with Crippen molar-refractivity contribution in [3.63, 3.8) is 0 Å². The molecule has 186 valence electrons. The molecule has 1 nitrogen and oxygen atoms in total. The van der Waals surface area contributed by atoms with Crippen LogP contribution in [0.2, 0.25) is 0 Å². The summed E-state index contributed by atoms with van der Waals surface area (Å²) in [5, 5.41) is 4.88. The van der Waals surface area contributed by atoms with Gasteiger partial charge in [0, 0.05) is 11.8 Å². The molecule has 0 N–H and O–H groups in total. The minimum Gasteiger partial charge on any atom is -0.256 e. The Morgan fingerprint density at radius 2 is 1.21 bits per heavy atom. The zero-order valence-electron chi connectivity index (χ0n) is 22.0. The summed E-state index contributed by atoms with van der Waals surface area (Å²) in [6, 6.07) is 41.0. The zero-order valence-corrected chi connectivity index (χ0v) is 22.0. The summed E-state index contributed by atoms with van der Waals surface area (Å²) < 4.78 is 0. The van der Waals surface area contributed by atoms with E-state index in [9.17, 15) is 0 Å². The molecule has 0 unspecified atom stereocenters. The normalized spacial score (nSPS) is 11.6. The molecule has 0 saturated carbocycles. The third kappa shape index (κ3) is 4.71. The molecule has 1 heterocycles. The van der Waals surface area contributed by atoms with E-state index in [1.54, 1.807) is 0 Å². The number of nitrogens with zero attached hydrogens (tertiary/aromatic N) is 1. The van der Waals surface area contributed by atoms with E-state index in [2.05, 4.69) is 121 Å². The van der Waals surface area contributed by atoms with Crippen molar-refractivity contribution in [2.45, 2.75) is 6.92 Å². The van der Waals surface area contributed by atoms with Crippen molar-refractivity contribution in [3.05, 3.63) is 158 Å². The Hall–Kier alpha value is -5.01. The fourth-order valence-corrected chi connectivity index (χ4v) is 5.33. The van der Waals surface area contributed by atoms with Crippen molar-refractivity contribution >= 4 is 27.1 Å². The topological polar surface area (TPSA) is 12.9 Å². The minimum atomic E-state index is 0.972. The van der Waals surface area contributed by atoms with Gasteiger partial charge in [0.05, 0.1) is 5.69 Å². The first-order valence-electron chi connectivity index (χ1n) is 13.3. The van der Waals surface area contributed by atoms with Gasteiger partial charge in [-0.1, -0.05) is 122 Å². The van der Waals surface area contributed by atoms with E-state index in [0.29, 0.717) is 0 Å². The summed E-state index contributed by atoms with van der Waals surface area (Å²) in [5.74, 6) is 0. The Labute approximate surface area is 230 Å². The number of hydrogen-bond acceptors (Lipinski definition) is 1. The third-order valence-corrected chi connectivity index (χ3v) is 7.17. The van der Waals surface area contributed by atoms with Crippen molar-refractivity contribution in [1.29, 1.82) is 0 Å². The number of aromatic nitrogens is 1. The van der Waals surface area contributed by atoms with Gasteiger partial charge >= 0.3 is 0 Å². The van der Waals surface area contributed by atoms with E-state index in [0.717, 1.165) is 22.4 Å². The average molecular weight is 500 g/mol. The molecular weight excluding hydrogens is 470 g/mol. The molecule has 0 spiro atoms. The van der Waals surface area contributed by atoms with Gasteiger partial charge in [0.25, 0.3) is 0 Å². The zero-order chi connectivity index (χ0) is 26.6. The number of rotatable bonds is 6. The highest BCUT2D eigenvalue weighted by atomic mass is 14.7. The molecule has 0 aliphatic carbocycles. The predicted molar refractivity (Wildman–Crippen MR) is 169 cm³/mol. The lowest BCUT2D eigenvalue weighted by atomic mass is 9.84. The molecule has 0 bridgehead atoms. The van der Waals surface area contributed by atoms with Gasteiger partial charge in [-0.25, -0.2) is 0 Å². The fourth-order valence-electron chi connectivity index (χ4n) is 5.33. The van der Waals surface area contributed by atoms with Crippen LogP contribution in [0.3, 0.4) is 0 Å². The Kier molecular flexibility index (Phi) is 6.72. The number of hydrogen-bond donors (Lipinski definition) is 0. The Balaban J connectivity index is 1.73. The average Bonchev–Trinajstić information content (AvgIpc) is 3.00. The van der Waals surface area contributed by atoms with Crippen molar-refractivity contribution < 1.29 is 0 Å². The first kappa shape index (κ1) is 24.3. The highest BCUT2D eigenvalue weighted by molar-refractivity contribution is 6.22. The Bertz CT molecular complexity index is 1840. The summed E-state index contributed by atoms with van der Waals surface area (Å²) in [4.78, 5) is 4.64. The highest BCUT2D eigenvalue weighted by Gasteiger charge is 2.18. The van der Waals surface area contributed by atoms with Crippen LogP contribution in [-0.2, 0) is 0 Å². The summed E-state index contributed by atoms with van der Waals surface area (Å²) in [7, 11) is 0. The molecule has 0 radical (unpaired) electrons. The molecule has 1 aromatic heterocycles. The molecule has 0 aliphatic heterocycles. The molecule has 0 fully saturated rings. The SMILES string of the molecule is C=C(/C=C\C=C/C)c1ccc2c(-c3ccccc3)c3cc(-c4ccccn4)ccc3c(-c3ccccc3)c2c1.